The molecule has 3 rings (SSSR count). The summed E-state index contributed by atoms with van der Waals surface area (Å²) in [6.07, 6.45) is -2.38. The zero-order valence-corrected chi connectivity index (χ0v) is 12.9. The van der Waals surface area contributed by atoms with E-state index in [4.69, 9.17) is 0 Å². The Morgan fingerprint density at radius 3 is 2.35 bits per heavy atom. The highest BCUT2D eigenvalue weighted by Gasteiger charge is 2.46. The van der Waals surface area contributed by atoms with E-state index in [1.54, 1.807) is 11.9 Å². The molecule has 126 valence electrons. The Kier molecular flexibility index (Phi) is 4.12. The summed E-state index contributed by atoms with van der Waals surface area (Å²) in [6.45, 7) is 0.645. The van der Waals surface area contributed by atoms with Crippen molar-refractivity contribution in [1.29, 1.82) is 0 Å². The third-order valence-corrected chi connectivity index (χ3v) is 4.89. The van der Waals surface area contributed by atoms with Gasteiger partial charge in [-0.2, -0.15) is 13.2 Å². The number of aliphatic hydroxyl groups excluding tert-OH is 1. The van der Waals surface area contributed by atoms with Gasteiger partial charge in [-0.3, -0.25) is 4.79 Å². The number of halogens is 3. The zero-order chi connectivity index (χ0) is 16.8. The molecule has 0 spiro atoms. The zero-order valence-electron chi connectivity index (χ0n) is 12.9. The second-order valence-corrected chi connectivity index (χ2v) is 6.78. The van der Waals surface area contributed by atoms with Crippen molar-refractivity contribution in [3.63, 3.8) is 0 Å². The van der Waals surface area contributed by atoms with Crippen LogP contribution in [0.1, 0.15) is 36.3 Å². The van der Waals surface area contributed by atoms with Gasteiger partial charge in [-0.25, -0.2) is 0 Å². The topological polar surface area (TPSA) is 40.5 Å². The van der Waals surface area contributed by atoms with E-state index in [0.29, 0.717) is 18.9 Å². The van der Waals surface area contributed by atoms with Gasteiger partial charge in [-0.1, -0.05) is 12.1 Å². The molecule has 2 aliphatic rings. The van der Waals surface area contributed by atoms with E-state index in [2.05, 4.69) is 0 Å². The summed E-state index contributed by atoms with van der Waals surface area (Å²) in [6, 6.07) is 5.11. The van der Waals surface area contributed by atoms with E-state index >= 15 is 0 Å². The molecule has 1 aromatic carbocycles. The monoisotopic (exact) mass is 327 g/mol. The Morgan fingerprint density at radius 1 is 1.22 bits per heavy atom. The lowest BCUT2D eigenvalue weighted by atomic mass is 9.82. The molecule has 1 N–H and O–H groups in total. The highest BCUT2D eigenvalue weighted by atomic mass is 19.4. The van der Waals surface area contributed by atoms with Crippen LogP contribution >= 0.6 is 0 Å². The molecule has 0 radical (unpaired) electrons. The van der Waals surface area contributed by atoms with Crippen LogP contribution in [0.15, 0.2) is 24.3 Å². The standard InChI is InChI=1S/C17H20F3NO2/c1-21(9-10-6-13(22)7-10)16(23)15-8-14(15)11-2-4-12(5-3-11)17(18,19)20/h2-5,10,13-15,22H,6-9H2,1H3/t10?,13?,14-,15-/m0/s1. The number of carbonyl (C=O) groups is 1. The Bertz CT molecular complexity index is 578. The molecule has 2 aliphatic carbocycles. The fourth-order valence-corrected chi connectivity index (χ4v) is 3.37. The molecular formula is C17H20F3NO2. The minimum Gasteiger partial charge on any atom is -0.393 e. The molecule has 0 aliphatic heterocycles. The minimum absolute atomic E-state index is 0.0271. The van der Waals surface area contributed by atoms with Crippen LogP contribution in [0.2, 0.25) is 0 Å². The molecule has 2 atom stereocenters. The van der Waals surface area contributed by atoms with Crippen LogP contribution in [-0.4, -0.2) is 35.6 Å². The van der Waals surface area contributed by atoms with Crippen molar-refractivity contribution in [2.24, 2.45) is 11.8 Å². The van der Waals surface area contributed by atoms with E-state index in [1.807, 2.05) is 0 Å². The molecule has 0 heterocycles. The quantitative estimate of drug-likeness (QED) is 0.923. The summed E-state index contributed by atoms with van der Waals surface area (Å²) in [4.78, 5) is 14.1. The number of amides is 1. The molecule has 0 bridgehead atoms. The molecular weight excluding hydrogens is 307 g/mol. The predicted octanol–water partition coefficient (Wildman–Crippen LogP) is 3.04. The number of hydrogen-bond donors (Lipinski definition) is 1. The van der Waals surface area contributed by atoms with Gasteiger partial charge in [-0.15, -0.1) is 0 Å². The van der Waals surface area contributed by atoms with Crippen molar-refractivity contribution < 1.29 is 23.1 Å². The molecule has 2 saturated carbocycles. The first-order valence-corrected chi connectivity index (χ1v) is 7.86. The van der Waals surface area contributed by atoms with Crippen LogP contribution in [0, 0.1) is 11.8 Å². The summed E-state index contributed by atoms with van der Waals surface area (Å²) in [5, 5.41) is 9.28. The van der Waals surface area contributed by atoms with Gasteiger partial charge in [0, 0.05) is 19.5 Å². The fourth-order valence-electron chi connectivity index (χ4n) is 3.37. The third kappa shape index (κ3) is 3.52. The predicted molar refractivity (Wildman–Crippen MR) is 78.7 cm³/mol. The normalized spacial score (nSPS) is 29.8. The van der Waals surface area contributed by atoms with Gasteiger partial charge in [0.2, 0.25) is 5.91 Å². The molecule has 3 nitrogen and oxygen atoms in total. The largest absolute Gasteiger partial charge is 0.416 e. The van der Waals surface area contributed by atoms with Gasteiger partial charge in [0.25, 0.3) is 0 Å². The maximum absolute atomic E-state index is 12.6. The molecule has 1 aromatic rings. The molecule has 23 heavy (non-hydrogen) atoms. The smallest absolute Gasteiger partial charge is 0.393 e. The molecule has 0 unspecified atom stereocenters. The van der Waals surface area contributed by atoms with Crippen LogP contribution in [0.25, 0.3) is 0 Å². The minimum atomic E-state index is -4.33. The van der Waals surface area contributed by atoms with E-state index in [-0.39, 0.29) is 23.8 Å². The Morgan fingerprint density at radius 2 is 1.83 bits per heavy atom. The van der Waals surface area contributed by atoms with Gasteiger partial charge < -0.3 is 10.0 Å². The van der Waals surface area contributed by atoms with Crippen LogP contribution in [-0.2, 0) is 11.0 Å². The van der Waals surface area contributed by atoms with Crippen LogP contribution in [0.5, 0.6) is 0 Å². The van der Waals surface area contributed by atoms with Crippen LogP contribution in [0.3, 0.4) is 0 Å². The number of rotatable bonds is 4. The van der Waals surface area contributed by atoms with Gasteiger partial charge in [-0.05, 0) is 48.8 Å². The number of carbonyl (C=O) groups excluding carboxylic acids is 1. The number of benzene rings is 1. The third-order valence-electron chi connectivity index (χ3n) is 4.89. The molecule has 0 aromatic heterocycles. The van der Waals surface area contributed by atoms with E-state index in [9.17, 15) is 23.1 Å². The first-order chi connectivity index (χ1) is 10.8. The summed E-state index contributed by atoms with van der Waals surface area (Å²) >= 11 is 0. The second-order valence-electron chi connectivity index (χ2n) is 6.78. The molecule has 0 saturated heterocycles. The number of aliphatic hydroxyl groups is 1. The Labute approximate surface area is 133 Å². The van der Waals surface area contributed by atoms with Gasteiger partial charge in [0.05, 0.1) is 11.7 Å². The lowest BCUT2D eigenvalue weighted by Crippen LogP contribution is -2.40. The lowest BCUT2D eigenvalue weighted by Gasteiger charge is -2.34. The second kappa shape index (κ2) is 5.82. The number of hydrogen-bond acceptors (Lipinski definition) is 2. The fraction of sp³-hybridized carbons (Fsp3) is 0.588. The van der Waals surface area contributed by atoms with E-state index in [0.717, 1.165) is 30.5 Å². The molecule has 6 heteroatoms. The first-order valence-electron chi connectivity index (χ1n) is 7.86. The maximum atomic E-state index is 12.6. The summed E-state index contributed by atoms with van der Waals surface area (Å²) in [5.41, 5.74) is 0.134. The average Bonchev–Trinajstić information content (AvgIpc) is 3.24. The van der Waals surface area contributed by atoms with Crippen molar-refractivity contribution in [2.45, 2.75) is 37.5 Å². The summed E-state index contributed by atoms with van der Waals surface area (Å²) in [7, 11) is 1.76. The van der Waals surface area contributed by atoms with Crippen LogP contribution < -0.4 is 0 Å². The highest BCUT2D eigenvalue weighted by Crippen LogP contribution is 2.49. The average molecular weight is 327 g/mol. The van der Waals surface area contributed by atoms with Gasteiger partial charge >= 0.3 is 6.18 Å². The molecule has 2 fully saturated rings. The Balaban J connectivity index is 1.55. The van der Waals surface area contributed by atoms with Crippen molar-refractivity contribution in [1.82, 2.24) is 4.90 Å². The lowest BCUT2D eigenvalue weighted by molar-refractivity contribution is -0.137. The van der Waals surface area contributed by atoms with Crippen LogP contribution in [0.4, 0.5) is 13.2 Å². The van der Waals surface area contributed by atoms with Crippen molar-refractivity contribution in [3.05, 3.63) is 35.4 Å². The van der Waals surface area contributed by atoms with E-state index < -0.39 is 11.7 Å². The summed E-state index contributed by atoms with van der Waals surface area (Å²) < 4.78 is 37.7. The number of alkyl halides is 3. The SMILES string of the molecule is CN(CC1CC(O)C1)C(=O)[C@H]1C[C@H]1c1ccc(C(F)(F)F)cc1. The van der Waals surface area contributed by atoms with Gasteiger partial charge in [0.1, 0.15) is 0 Å². The summed E-state index contributed by atoms with van der Waals surface area (Å²) in [5.74, 6) is 0.319. The van der Waals surface area contributed by atoms with Crippen molar-refractivity contribution >= 4 is 5.91 Å². The van der Waals surface area contributed by atoms with Crippen molar-refractivity contribution in [2.75, 3.05) is 13.6 Å². The Hall–Kier alpha value is -1.56. The molecule has 1 amide bonds. The van der Waals surface area contributed by atoms with Gasteiger partial charge in [0.15, 0.2) is 0 Å². The maximum Gasteiger partial charge on any atom is 0.416 e. The number of nitrogens with zero attached hydrogens (tertiary/aromatic N) is 1. The van der Waals surface area contributed by atoms with E-state index in [1.165, 1.54) is 12.1 Å². The van der Waals surface area contributed by atoms with Crippen molar-refractivity contribution in [3.8, 4) is 0 Å². The highest BCUT2D eigenvalue weighted by molar-refractivity contribution is 5.82. The first kappa shape index (κ1) is 16.3.